The predicted molar refractivity (Wildman–Crippen MR) is 72.1 cm³/mol. The highest BCUT2D eigenvalue weighted by Gasteiger charge is 2.26. The molecule has 1 aliphatic rings. The highest BCUT2D eigenvalue weighted by atomic mass is 16.3. The summed E-state index contributed by atoms with van der Waals surface area (Å²) in [5, 5.41) is 11.7. The van der Waals surface area contributed by atoms with E-state index < -0.39 is 0 Å². The number of carbonyl (C=O) groups is 1. The van der Waals surface area contributed by atoms with Gasteiger partial charge in [-0.2, -0.15) is 0 Å². The molecule has 102 valence electrons. The molecule has 1 saturated carbocycles. The fourth-order valence-corrected chi connectivity index (χ4v) is 2.44. The standard InChI is InChI=1S/C14H24N2O2/c1-3-10-16(13-8-4-5-9-13)14(18)15-12(2)7-6-11-17/h1,12-13,17H,4-11H2,2H3,(H,15,18). The lowest BCUT2D eigenvalue weighted by atomic mass is 10.2. The van der Waals surface area contributed by atoms with Crippen molar-refractivity contribution in [3.05, 3.63) is 0 Å². The zero-order valence-electron chi connectivity index (χ0n) is 11.2. The first-order valence-corrected chi connectivity index (χ1v) is 6.80. The molecule has 0 saturated heterocycles. The first-order valence-electron chi connectivity index (χ1n) is 6.80. The minimum absolute atomic E-state index is 0.0645. The van der Waals surface area contributed by atoms with Crippen molar-refractivity contribution in [2.45, 2.75) is 57.5 Å². The van der Waals surface area contributed by atoms with Crippen molar-refractivity contribution in [2.24, 2.45) is 0 Å². The normalized spacial score (nSPS) is 17.2. The minimum Gasteiger partial charge on any atom is -0.396 e. The molecule has 0 bridgehead atoms. The van der Waals surface area contributed by atoms with Crippen LogP contribution in [0.1, 0.15) is 45.4 Å². The molecule has 2 amide bonds. The zero-order chi connectivity index (χ0) is 13.4. The van der Waals surface area contributed by atoms with Gasteiger partial charge in [-0.1, -0.05) is 18.8 Å². The van der Waals surface area contributed by atoms with Crippen LogP contribution in [-0.2, 0) is 0 Å². The summed E-state index contributed by atoms with van der Waals surface area (Å²) >= 11 is 0. The Kier molecular flexibility index (Phi) is 6.59. The Hall–Kier alpha value is -1.21. The lowest BCUT2D eigenvalue weighted by Gasteiger charge is -2.28. The fraction of sp³-hybridized carbons (Fsp3) is 0.786. The first kappa shape index (κ1) is 14.8. The largest absolute Gasteiger partial charge is 0.396 e. The quantitative estimate of drug-likeness (QED) is 0.707. The lowest BCUT2D eigenvalue weighted by molar-refractivity contribution is 0.179. The molecule has 1 unspecified atom stereocenters. The molecule has 0 heterocycles. The Labute approximate surface area is 110 Å². The Balaban J connectivity index is 2.46. The Bertz CT molecular complexity index is 293. The number of urea groups is 1. The Morgan fingerprint density at radius 1 is 1.56 bits per heavy atom. The van der Waals surface area contributed by atoms with Gasteiger partial charge in [0.25, 0.3) is 0 Å². The summed E-state index contributed by atoms with van der Waals surface area (Å²) in [7, 11) is 0. The molecular weight excluding hydrogens is 228 g/mol. The zero-order valence-corrected chi connectivity index (χ0v) is 11.2. The van der Waals surface area contributed by atoms with E-state index in [0.717, 1.165) is 19.3 Å². The van der Waals surface area contributed by atoms with Crippen LogP contribution in [-0.4, -0.2) is 41.3 Å². The topological polar surface area (TPSA) is 52.6 Å². The monoisotopic (exact) mass is 252 g/mol. The molecule has 18 heavy (non-hydrogen) atoms. The Morgan fingerprint density at radius 2 is 2.22 bits per heavy atom. The second-order valence-corrected chi connectivity index (χ2v) is 4.99. The van der Waals surface area contributed by atoms with E-state index in [1.807, 2.05) is 6.92 Å². The number of hydrogen-bond acceptors (Lipinski definition) is 2. The fourth-order valence-electron chi connectivity index (χ4n) is 2.44. The van der Waals surface area contributed by atoms with Crippen molar-refractivity contribution in [1.29, 1.82) is 0 Å². The van der Waals surface area contributed by atoms with Gasteiger partial charge in [-0.15, -0.1) is 6.42 Å². The lowest BCUT2D eigenvalue weighted by Crippen LogP contribution is -2.48. The molecule has 4 nitrogen and oxygen atoms in total. The first-order chi connectivity index (χ1) is 8.69. The second-order valence-electron chi connectivity index (χ2n) is 4.99. The summed E-state index contributed by atoms with van der Waals surface area (Å²) in [6.45, 7) is 2.50. The van der Waals surface area contributed by atoms with E-state index in [4.69, 9.17) is 11.5 Å². The SMILES string of the molecule is C#CCN(C(=O)NC(C)CCCO)C1CCCC1. The smallest absolute Gasteiger partial charge is 0.318 e. The number of terminal acetylenes is 1. The van der Waals surface area contributed by atoms with Crippen LogP contribution < -0.4 is 5.32 Å². The maximum absolute atomic E-state index is 12.2. The van der Waals surface area contributed by atoms with Gasteiger partial charge < -0.3 is 15.3 Å². The molecule has 2 N–H and O–H groups in total. The van der Waals surface area contributed by atoms with Crippen LogP contribution in [0.5, 0.6) is 0 Å². The molecule has 0 radical (unpaired) electrons. The number of nitrogens with one attached hydrogen (secondary N) is 1. The molecular formula is C14H24N2O2. The van der Waals surface area contributed by atoms with Crippen LogP contribution in [0.3, 0.4) is 0 Å². The second kappa shape index (κ2) is 7.99. The van der Waals surface area contributed by atoms with Gasteiger partial charge >= 0.3 is 6.03 Å². The minimum atomic E-state index is -0.0645. The number of hydrogen-bond donors (Lipinski definition) is 2. The summed E-state index contributed by atoms with van der Waals surface area (Å²) in [5.74, 6) is 2.57. The van der Waals surface area contributed by atoms with Crippen LogP contribution in [0.4, 0.5) is 4.79 Å². The van der Waals surface area contributed by atoms with E-state index in [1.54, 1.807) is 4.90 Å². The summed E-state index contributed by atoms with van der Waals surface area (Å²) in [5.41, 5.74) is 0. The summed E-state index contributed by atoms with van der Waals surface area (Å²) < 4.78 is 0. The molecule has 1 aliphatic carbocycles. The average molecular weight is 252 g/mol. The summed E-state index contributed by atoms with van der Waals surface area (Å²) in [4.78, 5) is 13.9. The molecule has 4 heteroatoms. The molecule has 1 rings (SSSR count). The summed E-state index contributed by atoms with van der Waals surface area (Å²) in [6, 6.07) is 0.308. The van der Waals surface area contributed by atoms with Crippen molar-refractivity contribution < 1.29 is 9.90 Å². The molecule has 0 aliphatic heterocycles. The van der Waals surface area contributed by atoms with Crippen molar-refractivity contribution in [2.75, 3.05) is 13.2 Å². The third-order valence-electron chi connectivity index (χ3n) is 3.45. The third-order valence-corrected chi connectivity index (χ3v) is 3.45. The molecule has 0 spiro atoms. The van der Waals surface area contributed by atoms with Crippen molar-refractivity contribution in [3.8, 4) is 12.3 Å². The van der Waals surface area contributed by atoms with Crippen LogP contribution in [0, 0.1) is 12.3 Å². The molecule has 0 aromatic heterocycles. The number of nitrogens with zero attached hydrogens (tertiary/aromatic N) is 1. The van der Waals surface area contributed by atoms with Crippen LogP contribution >= 0.6 is 0 Å². The van der Waals surface area contributed by atoms with Crippen LogP contribution in [0.25, 0.3) is 0 Å². The van der Waals surface area contributed by atoms with Gasteiger partial charge in [0.15, 0.2) is 0 Å². The van der Waals surface area contributed by atoms with Gasteiger partial charge in [0, 0.05) is 18.7 Å². The van der Waals surface area contributed by atoms with Crippen LogP contribution in [0.2, 0.25) is 0 Å². The average Bonchev–Trinajstić information content (AvgIpc) is 2.86. The maximum Gasteiger partial charge on any atom is 0.318 e. The Morgan fingerprint density at radius 3 is 2.78 bits per heavy atom. The molecule has 0 aromatic carbocycles. The highest BCUT2D eigenvalue weighted by molar-refractivity contribution is 5.75. The number of aliphatic hydroxyl groups excluding tert-OH is 1. The number of aliphatic hydroxyl groups is 1. The van der Waals surface area contributed by atoms with E-state index in [9.17, 15) is 4.79 Å². The van der Waals surface area contributed by atoms with Gasteiger partial charge in [-0.3, -0.25) is 0 Å². The van der Waals surface area contributed by atoms with Gasteiger partial charge in [-0.05, 0) is 32.6 Å². The van der Waals surface area contributed by atoms with Gasteiger partial charge in [0.2, 0.25) is 0 Å². The van der Waals surface area contributed by atoms with E-state index in [2.05, 4.69) is 11.2 Å². The molecule has 1 atom stereocenters. The van der Waals surface area contributed by atoms with E-state index in [0.29, 0.717) is 19.0 Å². The van der Waals surface area contributed by atoms with Crippen molar-refractivity contribution in [3.63, 3.8) is 0 Å². The van der Waals surface area contributed by atoms with E-state index in [-0.39, 0.29) is 18.7 Å². The van der Waals surface area contributed by atoms with Crippen molar-refractivity contribution >= 4 is 6.03 Å². The summed E-state index contributed by atoms with van der Waals surface area (Å²) in [6.07, 6.45) is 11.3. The van der Waals surface area contributed by atoms with Gasteiger partial charge in [-0.25, -0.2) is 4.79 Å². The third kappa shape index (κ3) is 4.58. The van der Waals surface area contributed by atoms with Crippen LogP contribution in [0.15, 0.2) is 0 Å². The van der Waals surface area contributed by atoms with Gasteiger partial charge in [0.1, 0.15) is 0 Å². The maximum atomic E-state index is 12.2. The highest BCUT2D eigenvalue weighted by Crippen LogP contribution is 2.23. The molecule has 0 aromatic rings. The van der Waals surface area contributed by atoms with Gasteiger partial charge in [0.05, 0.1) is 6.54 Å². The predicted octanol–water partition coefficient (Wildman–Crippen LogP) is 1.73. The van der Waals surface area contributed by atoms with Crippen molar-refractivity contribution in [1.82, 2.24) is 10.2 Å². The number of amides is 2. The number of rotatable bonds is 6. The van der Waals surface area contributed by atoms with E-state index >= 15 is 0 Å². The number of carbonyl (C=O) groups excluding carboxylic acids is 1. The van der Waals surface area contributed by atoms with E-state index in [1.165, 1.54) is 12.8 Å². The molecule has 1 fully saturated rings.